The summed E-state index contributed by atoms with van der Waals surface area (Å²) >= 11 is 1.65. The van der Waals surface area contributed by atoms with Crippen LogP contribution in [0.2, 0.25) is 0 Å². The molecule has 0 bridgehead atoms. The molecule has 0 saturated heterocycles. The number of carbonyl (C=O) groups is 1. The second kappa shape index (κ2) is 5.70. The van der Waals surface area contributed by atoms with E-state index in [1.165, 1.54) is 11.1 Å². The Morgan fingerprint density at radius 1 is 1.21 bits per heavy atom. The molecule has 1 atom stereocenters. The highest BCUT2D eigenvalue weighted by Gasteiger charge is 2.27. The van der Waals surface area contributed by atoms with Crippen LogP contribution in [0.25, 0.3) is 0 Å². The Bertz CT molecular complexity index is 525. The lowest BCUT2D eigenvalue weighted by Crippen LogP contribution is -2.25. The maximum absolute atomic E-state index is 11.5. The van der Waals surface area contributed by atoms with E-state index in [0.717, 1.165) is 17.6 Å². The highest BCUT2D eigenvalue weighted by Crippen LogP contribution is 2.30. The summed E-state index contributed by atoms with van der Waals surface area (Å²) in [7, 11) is 0. The van der Waals surface area contributed by atoms with E-state index in [0.29, 0.717) is 5.92 Å². The molecule has 1 aromatic carbocycles. The maximum atomic E-state index is 11.5. The van der Waals surface area contributed by atoms with Gasteiger partial charge in [0.05, 0.1) is 5.41 Å². The van der Waals surface area contributed by atoms with E-state index in [1.54, 1.807) is 11.3 Å². The first kappa shape index (κ1) is 14.0. The van der Waals surface area contributed by atoms with Crippen LogP contribution in [-0.2, 0) is 16.6 Å². The molecule has 0 aliphatic rings. The predicted molar refractivity (Wildman–Crippen MR) is 82.0 cm³/mol. The molecule has 2 rings (SSSR count). The maximum Gasteiger partial charge on any atom is 0.131 e. The Hall–Kier alpha value is -1.41. The van der Waals surface area contributed by atoms with E-state index in [4.69, 9.17) is 0 Å². The second-order valence-corrected chi connectivity index (χ2v) is 6.53. The number of thiophene rings is 1. The van der Waals surface area contributed by atoms with Crippen molar-refractivity contribution in [1.29, 1.82) is 0 Å². The molecule has 1 nitrogen and oxygen atoms in total. The summed E-state index contributed by atoms with van der Waals surface area (Å²) in [5, 5.41) is 2.03. The van der Waals surface area contributed by atoms with Crippen molar-refractivity contribution < 1.29 is 4.79 Å². The third kappa shape index (κ3) is 3.13. The summed E-state index contributed by atoms with van der Waals surface area (Å²) in [6.07, 6.45) is 1.84. The first-order valence-corrected chi connectivity index (χ1v) is 7.52. The number of rotatable bonds is 5. The first-order chi connectivity index (χ1) is 9.05. The third-order valence-corrected chi connectivity index (χ3v) is 4.71. The molecule has 0 spiro atoms. The van der Waals surface area contributed by atoms with Crippen LogP contribution in [0, 0.1) is 0 Å². The Balaban J connectivity index is 2.21. The van der Waals surface area contributed by atoms with E-state index < -0.39 is 5.41 Å². The van der Waals surface area contributed by atoms with Gasteiger partial charge in [-0.05, 0) is 41.8 Å². The average Bonchev–Trinajstić information content (AvgIpc) is 2.93. The van der Waals surface area contributed by atoms with Crippen LogP contribution in [-0.4, -0.2) is 6.29 Å². The monoisotopic (exact) mass is 272 g/mol. The van der Waals surface area contributed by atoms with E-state index in [2.05, 4.69) is 38.1 Å². The minimum Gasteiger partial charge on any atom is -0.302 e. The number of carbonyl (C=O) groups excluding carboxylic acids is 1. The summed E-state index contributed by atoms with van der Waals surface area (Å²) < 4.78 is 0. The molecule has 0 aliphatic carbocycles. The fourth-order valence-electron chi connectivity index (χ4n) is 2.23. The van der Waals surface area contributed by atoms with Gasteiger partial charge in [0.2, 0.25) is 0 Å². The quantitative estimate of drug-likeness (QED) is 0.729. The summed E-state index contributed by atoms with van der Waals surface area (Å²) in [5.41, 5.74) is 2.15. The summed E-state index contributed by atoms with van der Waals surface area (Å²) in [6.45, 7) is 6.40. The largest absolute Gasteiger partial charge is 0.302 e. The molecule has 19 heavy (non-hydrogen) atoms. The van der Waals surface area contributed by atoms with E-state index in [-0.39, 0.29) is 0 Å². The second-order valence-electron chi connectivity index (χ2n) is 5.59. The molecule has 0 fully saturated rings. The van der Waals surface area contributed by atoms with Crippen molar-refractivity contribution in [2.24, 2.45) is 0 Å². The van der Waals surface area contributed by atoms with E-state index in [1.807, 2.05) is 24.4 Å². The summed E-state index contributed by atoms with van der Waals surface area (Å²) in [6, 6.07) is 12.7. The van der Waals surface area contributed by atoms with Gasteiger partial charge >= 0.3 is 0 Å². The van der Waals surface area contributed by atoms with Crippen molar-refractivity contribution in [3.05, 3.63) is 57.8 Å². The SMILES string of the molecule is CC(C)c1ccc(CC(C)(C=O)c2cccs2)cc1. The Morgan fingerprint density at radius 3 is 2.37 bits per heavy atom. The highest BCUT2D eigenvalue weighted by molar-refractivity contribution is 7.10. The fraction of sp³-hybridized carbons (Fsp3) is 0.353. The topological polar surface area (TPSA) is 17.1 Å². The van der Waals surface area contributed by atoms with Gasteiger partial charge in [0, 0.05) is 4.88 Å². The van der Waals surface area contributed by atoms with Gasteiger partial charge in [0.1, 0.15) is 6.29 Å². The molecule has 1 unspecified atom stereocenters. The molecule has 2 heteroatoms. The summed E-state index contributed by atoms with van der Waals surface area (Å²) in [4.78, 5) is 12.6. The van der Waals surface area contributed by atoms with Crippen molar-refractivity contribution >= 4 is 17.6 Å². The third-order valence-electron chi connectivity index (χ3n) is 3.56. The molecular weight excluding hydrogens is 252 g/mol. The zero-order valence-corrected chi connectivity index (χ0v) is 12.5. The van der Waals surface area contributed by atoms with Gasteiger partial charge in [-0.1, -0.05) is 44.2 Å². The smallest absolute Gasteiger partial charge is 0.131 e. The lowest BCUT2D eigenvalue weighted by molar-refractivity contribution is -0.112. The zero-order valence-electron chi connectivity index (χ0n) is 11.7. The van der Waals surface area contributed by atoms with Gasteiger partial charge in [0.15, 0.2) is 0 Å². The number of hydrogen-bond acceptors (Lipinski definition) is 2. The Morgan fingerprint density at radius 2 is 1.89 bits per heavy atom. The van der Waals surface area contributed by atoms with E-state index >= 15 is 0 Å². The van der Waals surface area contributed by atoms with Gasteiger partial charge in [-0.15, -0.1) is 11.3 Å². The highest BCUT2D eigenvalue weighted by atomic mass is 32.1. The lowest BCUT2D eigenvalue weighted by atomic mass is 9.83. The predicted octanol–water partition coefficient (Wildman–Crippen LogP) is 4.57. The summed E-state index contributed by atoms with van der Waals surface area (Å²) in [5.74, 6) is 0.545. The van der Waals surface area contributed by atoms with Gasteiger partial charge in [0.25, 0.3) is 0 Å². The first-order valence-electron chi connectivity index (χ1n) is 6.64. The molecule has 1 aromatic heterocycles. The van der Waals surface area contributed by atoms with Gasteiger partial charge in [-0.25, -0.2) is 0 Å². The standard InChI is InChI=1S/C17H20OS/c1-13(2)15-8-6-14(7-9-15)11-17(3,12-18)16-5-4-10-19-16/h4-10,12-13H,11H2,1-3H3. The van der Waals surface area contributed by atoms with Crippen molar-refractivity contribution in [3.8, 4) is 0 Å². The van der Waals surface area contributed by atoms with Crippen molar-refractivity contribution in [2.75, 3.05) is 0 Å². The van der Waals surface area contributed by atoms with Crippen molar-refractivity contribution in [1.82, 2.24) is 0 Å². The number of benzene rings is 1. The van der Waals surface area contributed by atoms with Crippen LogP contribution in [0.1, 0.15) is 42.7 Å². The molecular formula is C17H20OS. The van der Waals surface area contributed by atoms with Crippen LogP contribution in [0.5, 0.6) is 0 Å². The van der Waals surface area contributed by atoms with Crippen LogP contribution < -0.4 is 0 Å². The fourth-order valence-corrected chi connectivity index (χ4v) is 3.09. The molecule has 0 aliphatic heterocycles. The zero-order chi connectivity index (χ0) is 13.9. The van der Waals surface area contributed by atoms with Crippen molar-refractivity contribution in [2.45, 2.75) is 38.5 Å². The van der Waals surface area contributed by atoms with Crippen molar-refractivity contribution in [3.63, 3.8) is 0 Å². The molecule has 2 aromatic rings. The molecule has 1 heterocycles. The minimum absolute atomic E-state index is 0.409. The molecule has 100 valence electrons. The molecule has 0 radical (unpaired) electrons. The Kier molecular flexibility index (Phi) is 4.20. The van der Waals surface area contributed by atoms with Gasteiger partial charge in [-0.2, -0.15) is 0 Å². The van der Waals surface area contributed by atoms with Crippen LogP contribution in [0.15, 0.2) is 41.8 Å². The average molecular weight is 272 g/mol. The molecule has 0 amide bonds. The molecule has 0 N–H and O–H groups in total. The molecule has 0 saturated carbocycles. The lowest BCUT2D eigenvalue weighted by Gasteiger charge is -2.22. The van der Waals surface area contributed by atoms with Crippen LogP contribution >= 0.6 is 11.3 Å². The number of hydrogen-bond donors (Lipinski definition) is 0. The Labute approximate surface area is 119 Å². The van der Waals surface area contributed by atoms with Gasteiger partial charge in [-0.3, -0.25) is 0 Å². The van der Waals surface area contributed by atoms with E-state index in [9.17, 15) is 4.79 Å². The van der Waals surface area contributed by atoms with Crippen LogP contribution in [0.4, 0.5) is 0 Å². The number of aldehydes is 1. The van der Waals surface area contributed by atoms with Gasteiger partial charge < -0.3 is 4.79 Å². The normalized spacial score (nSPS) is 14.3. The van der Waals surface area contributed by atoms with Crippen LogP contribution in [0.3, 0.4) is 0 Å². The minimum atomic E-state index is -0.409.